The molecule has 0 N–H and O–H groups in total. The minimum absolute atomic E-state index is 0.0570. The molecule has 0 saturated carbocycles. The standard InChI is InChI=1S/C18H18BrF3N4O2/c1-24(10-15-23-6-7-25(15)11-18(20,21)22)17(28)12-8-16(27)26(9-12)14-5-3-2-4-13(14)19/h2-7,12H,8-11H2,1H3. The Morgan fingerprint density at radius 2 is 2.07 bits per heavy atom. The van der Waals surface area contributed by atoms with Gasteiger partial charge in [0.25, 0.3) is 0 Å². The highest BCUT2D eigenvalue weighted by Crippen LogP contribution is 2.32. The number of imidazole rings is 1. The molecule has 28 heavy (non-hydrogen) atoms. The minimum atomic E-state index is -4.38. The summed E-state index contributed by atoms with van der Waals surface area (Å²) in [6.45, 7) is -1.01. The largest absolute Gasteiger partial charge is 0.406 e. The molecule has 10 heteroatoms. The molecule has 0 bridgehead atoms. The third kappa shape index (κ3) is 4.54. The van der Waals surface area contributed by atoms with Crippen LogP contribution in [0.2, 0.25) is 0 Å². The van der Waals surface area contributed by atoms with Crippen molar-refractivity contribution in [3.63, 3.8) is 0 Å². The van der Waals surface area contributed by atoms with Crippen molar-refractivity contribution in [3.8, 4) is 0 Å². The van der Waals surface area contributed by atoms with Gasteiger partial charge in [-0.2, -0.15) is 13.2 Å². The van der Waals surface area contributed by atoms with Crippen molar-refractivity contribution >= 4 is 33.4 Å². The second-order valence-electron chi connectivity index (χ2n) is 6.64. The number of alkyl halides is 3. The fourth-order valence-electron chi connectivity index (χ4n) is 3.21. The van der Waals surface area contributed by atoms with E-state index in [1.165, 1.54) is 24.3 Å². The van der Waals surface area contributed by atoms with E-state index in [1.54, 1.807) is 17.0 Å². The molecule has 2 heterocycles. The highest BCUT2D eigenvalue weighted by atomic mass is 79.9. The molecule has 1 saturated heterocycles. The van der Waals surface area contributed by atoms with E-state index in [4.69, 9.17) is 0 Å². The van der Waals surface area contributed by atoms with Gasteiger partial charge in [-0.05, 0) is 28.1 Å². The third-order valence-electron chi connectivity index (χ3n) is 4.52. The van der Waals surface area contributed by atoms with E-state index in [9.17, 15) is 22.8 Å². The maximum Gasteiger partial charge on any atom is 0.406 e. The molecule has 1 aromatic carbocycles. The summed E-state index contributed by atoms with van der Waals surface area (Å²) in [4.78, 5) is 31.9. The zero-order valence-corrected chi connectivity index (χ0v) is 16.6. The molecule has 1 unspecified atom stereocenters. The van der Waals surface area contributed by atoms with Gasteiger partial charge in [-0.15, -0.1) is 0 Å². The zero-order valence-electron chi connectivity index (χ0n) is 15.0. The number of hydrogen-bond acceptors (Lipinski definition) is 3. The van der Waals surface area contributed by atoms with E-state index >= 15 is 0 Å². The fourth-order valence-corrected chi connectivity index (χ4v) is 3.71. The van der Waals surface area contributed by atoms with Crippen molar-refractivity contribution in [1.82, 2.24) is 14.5 Å². The van der Waals surface area contributed by atoms with Crippen molar-refractivity contribution in [2.24, 2.45) is 5.92 Å². The Bertz CT molecular complexity index is 884. The maximum atomic E-state index is 12.8. The molecule has 1 aliphatic rings. The number of carbonyl (C=O) groups excluding carboxylic acids is 2. The van der Waals surface area contributed by atoms with Crippen LogP contribution in [0.1, 0.15) is 12.2 Å². The predicted octanol–water partition coefficient (Wildman–Crippen LogP) is 3.22. The average Bonchev–Trinajstić information content (AvgIpc) is 3.20. The van der Waals surface area contributed by atoms with Crippen molar-refractivity contribution in [3.05, 3.63) is 47.0 Å². The van der Waals surface area contributed by atoms with Gasteiger partial charge in [-0.1, -0.05) is 12.1 Å². The Hall–Kier alpha value is -2.36. The summed E-state index contributed by atoms with van der Waals surface area (Å²) in [6.07, 6.45) is -1.82. The number of hydrogen-bond donors (Lipinski definition) is 0. The van der Waals surface area contributed by atoms with E-state index in [0.717, 1.165) is 9.04 Å². The van der Waals surface area contributed by atoms with Gasteiger partial charge < -0.3 is 14.4 Å². The number of rotatable bonds is 5. The summed E-state index contributed by atoms with van der Waals surface area (Å²) >= 11 is 3.40. The number of amides is 2. The average molecular weight is 459 g/mol. The van der Waals surface area contributed by atoms with E-state index in [0.29, 0.717) is 5.69 Å². The molecular formula is C18H18BrF3N4O2. The molecule has 1 aromatic heterocycles. The van der Waals surface area contributed by atoms with Crippen molar-refractivity contribution < 1.29 is 22.8 Å². The van der Waals surface area contributed by atoms with Crippen molar-refractivity contribution in [2.75, 3.05) is 18.5 Å². The summed E-state index contributed by atoms with van der Waals surface area (Å²) in [6, 6.07) is 7.22. The number of para-hydroxylation sites is 1. The molecule has 1 fully saturated rings. The Kier molecular flexibility index (Phi) is 5.78. The van der Waals surface area contributed by atoms with Crippen LogP contribution in [-0.4, -0.2) is 46.0 Å². The fraction of sp³-hybridized carbons (Fsp3) is 0.389. The number of carbonyl (C=O) groups is 2. The van der Waals surface area contributed by atoms with Crippen LogP contribution < -0.4 is 4.90 Å². The van der Waals surface area contributed by atoms with Gasteiger partial charge in [0.2, 0.25) is 11.8 Å². The third-order valence-corrected chi connectivity index (χ3v) is 5.19. The second kappa shape index (κ2) is 7.94. The molecule has 0 radical (unpaired) electrons. The molecule has 0 aliphatic carbocycles. The molecule has 1 atom stereocenters. The Labute approximate surface area is 168 Å². The lowest BCUT2D eigenvalue weighted by Crippen LogP contribution is -2.35. The van der Waals surface area contributed by atoms with Gasteiger partial charge in [0, 0.05) is 36.9 Å². The van der Waals surface area contributed by atoms with Crippen molar-refractivity contribution in [1.29, 1.82) is 0 Å². The second-order valence-corrected chi connectivity index (χ2v) is 7.49. The molecule has 2 aromatic rings. The van der Waals surface area contributed by atoms with Gasteiger partial charge in [-0.3, -0.25) is 9.59 Å². The Morgan fingerprint density at radius 3 is 2.75 bits per heavy atom. The van der Waals surface area contributed by atoms with Crippen LogP contribution in [0.3, 0.4) is 0 Å². The zero-order chi connectivity index (χ0) is 20.5. The van der Waals surface area contributed by atoms with E-state index in [2.05, 4.69) is 20.9 Å². The molecule has 6 nitrogen and oxygen atoms in total. The summed E-state index contributed by atoms with van der Waals surface area (Å²) in [7, 11) is 1.50. The highest BCUT2D eigenvalue weighted by Gasteiger charge is 2.37. The highest BCUT2D eigenvalue weighted by molar-refractivity contribution is 9.10. The number of aromatic nitrogens is 2. The van der Waals surface area contributed by atoms with Crippen LogP contribution in [0.4, 0.5) is 18.9 Å². The molecular weight excluding hydrogens is 441 g/mol. The monoisotopic (exact) mass is 458 g/mol. The first-order chi connectivity index (χ1) is 13.2. The van der Waals surface area contributed by atoms with Gasteiger partial charge in [0.15, 0.2) is 0 Å². The van der Waals surface area contributed by atoms with Crippen LogP contribution in [-0.2, 0) is 22.7 Å². The van der Waals surface area contributed by atoms with Crippen molar-refractivity contribution in [2.45, 2.75) is 25.7 Å². The first-order valence-corrected chi connectivity index (χ1v) is 9.31. The number of anilines is 1. The SMILES string of the molecule is CN(Cc1nccn1CC(F)(F)F)C(=O)C1CC(=O)N(c2ccccc2Br)C1. The number of benzene rings is 1. The van der Waals surface area contributed by atoms with Gasteiger partial charge in [0.05, 0.1) is 18.2 Å². The van der Waals surface area contributed by atoms with Crippen LogP contribution in [0.5, 0.6) is 0 Å². The molecule has 1 aliphatic heterocycles. The molecule has 3 rings (SSSR count). The van der Waals surface area contributed by atoms with E-state index in [-0.39, 0.29) is 37.1 Å². The van der Waals surface area contributed by atoms with Gasteiger partial charge >= 0.3 is 6.18 Å². The lowest BCUT2D eigenvalue weighted by molar-refractivity contribution is -0.141. The summed E-state index contributed by atoms with van der Waals surface area (Å²) < 4.78 is 39.7. The van der Waals surface area contributed by atoms with E-state index < -0.39 is 18.6 Å². The van der Waals surface area contributed by atoms with Crippen LogP contribution in [0.25, 0.3) is 0 Å². The smallest absolute Gasteiger partial charge is 0.338 e. The summed E-state index contributed by atoms with van der Waals surface area (Å²) in [5.74, 6) is -0.891. The quantitative estimate of drug-likeness (QED) is 0.690. The topological polar surface area (TPSA) is 58.4 Å². The minimum Gasteiger partial charge on any atom is -0.338 e. The number of halogens is 4. The van der Waals surface area contributed by atoms with E-state index in [1.807, 2.05) is 12.1 Å². The summed E-state index contributed by atoms with van der Waals surface area (Å²) in [5, 5.41) is 0. The molecule has 2 amide bonds. The number of nitrogens with zero attached hydrogens (tertiary/aromatic N) is 4. The predicted molar refractivity (Wildman–Crippen MR) is 99.4 cm³/mol. The lowest BCUT2D eigenvalue weighted by atomic mass is 10.1. The van der Waals surface area contributed by atoms with Gasteiger partial charge in [-0.25, -0.2) is 4.98 Å². The first kappa shape index (κ1) is 20.4. The van der Waals surface area contributed by atoms with Gasteiger partial charge in [0.1, 0.15) is 12.4 Å². The lowest BCUT2D eigenvalue weighted by Gasteiger charge is -2.22. The normalized spacial score (nSPS) is 17.2. The molecule has 0 spiro atoms. The maximum absolute atomic E-state index is 12.8. The van der Waals surface area contributed by atoms with Crippen LogP contribution in [0, 0.1) is 5.92 Å². The molecule has 150 valence electrons. The first-order valence-electron chi connectivity index (χ1n) is 8.52. The van der Waals surface area contributed by atoms with Crippen LogP contribution >= 0.6 is 15.9 Å². The summed E-state index contributed by atoms with van der Waals surface area (Å²) in [5.41, 5.74) is 0.686. The Morgan fingerprint density at radius 1 is 1.36 bits per heavy atom. The Balaban J connectivity index is 1.67. The van der Waals surface area contributed by atoms with Crippen LogP contribution in [0.15, 0.2) is 41.1 Å².